The first-order chi connectivity index (χ1) is 14.5. The first kappa shape index (κ1) is 19.6. The van der Waals surface area contributed by atoms with Gasteiger partial charge < -0.3 is 9.88 Å². The van der Waals surface area contributed by atoms with Crippen molar-refractivity contribution in [1.82, 2.24) is 14.9 Å². The second kappa shape index (κ2) is 8.33. The highest BCUT2D eigenvalue weighted by Gasteiger charge is 2.14. The number of pyridine rings is 2. The molecule has 2 aromatic carbocycles. The lowest BCUT2D eigenvalue weighted by molar-refractivity contribution is 0.0950. The maximum atomic E-state index is 13.0. The molecule has 2 aromatic heterocycles. The molecule has 0 radical (unpaired) electrons. The van der Waals surface area contributed by atoms with Gasteiger partial charge in [0.2, 0.25) is 0 Å². The fraction of sp³-hybridized carbons (Fsp3) is 0.160. The molecular formula is C25H23N3O2. The third-order valence-electron chi connectivity index (χ3n) is 5.12. The molecule has 5 nitrogen and oxygen atoms in total. The molecule has 1 N–H and O–H groups in total. The summed E-state index contributed by atoms with van der Waals surface area (Å²) in [4.78, 5) is 30.3. The normalized spacial score (nSPS) is 10.9. The molecule has 4 rings (SSSR count). The van der Waals surface area contributed by atoms with E-state index in [1.165, 1.54) is 0 Å². The van der Waals surface area contributed by atoms with Gasteiger partial charge in [-0.3, -0.25) is 14.6 Å². The Bertz CT molecular complexity index is 1280. The molecule has 4 aromatic rings. The summed E-state index contributed by atoms with van der Waals surface area (Å²) < 4.78 is 1.64. The predicted octanol–water partition coefficient (Wildman–Crippen LogP) is 3.99. The fourth-order valence-corrected chi connectivity index (χ4v) is 3.54. The van der Waals surface area contributed by atoms with Crippen LogP contribution in [0, 0.1) is 13.8 Å². The number of aromatic nitrogens is 2. The van der Waals surface area contributed by atoms with E-state index in [2.05, 4.69) is 10.3 Å². The average molecular weight is 397 g/mol. The van der Waals surface area contributed by atoms with E-state index in [1.807, 2.05) is 67.6 Å². The Hall–Kier alpha value is -3.73. The van der Waals surface area contributed by atoms with Crippen molar-refractivity contribution >= 4 is 16.8 Å². The Morgan fingerprint density at radius 2 is 1.73 bits per heavy atom. The quantitative estimate of drug-likeness (QED) is 0.554. The zero-order valence-corrected chi connectivity index (χ0v) is 17.1. The average Bonchev–Trinajstić information content (AvgIpc) is 2.74. The fourth-order valence-electron chi connectivity index (χ4n) is 3.54. The minimum Gasteiger partial charge on any atom is -0.348 e. The molecule has 0 unspecified atom stereocenters. The van der Waals surface area contributed by atoms with Crippen LogP contribution in [-0.4, -0.2) is 15.5 Å². The molecule has 0 aliphatic rings. The summed E-state index contributed by atoms with van der Waals surface area (Å²) in [5, 5.41) is 3.38. The number of carbonyl (C=O) groups excluding carboxylic acids is 1. The van der Waals surface area contributed by atoms with Gasteiger partial charge in [0.05, 0.1) is 28.7 Å². The van der Waals surface area contributed by atoms with E-state index >= 15 is 0 Å². The first-order valence-electron chi connectivity index (χ1n) is 9.90. The lowest BCUT2D eigenvalue weighted by Crippen LogP contribution is -2.25. The summed E-state index contributed by atoms with van der Waals surface area (Å²) in [7, 11) is 0. The third kappa shape index (κ3) is 4.15. The van der Waals surface area contributed by atoms with Crippen molar-refractivity contribution < 1.29 is 4.79 Å². The van der Waals surface area contributed by atoms with Crippen molar-refractivity contribution in [3.05, 3.63) is 111 Å². The number of nitrogens with one attached hydrogen (secondary N) is 1. The minimum absolute atomic E-state index is 0.156. The summed E-state index contributed by atoms with van der Waals surface area (Å²) in [5.41, 5.74) is 4.67. The number of aryl methyl sites for hydroxylation is 2. The van der Waals surface area contributed by atoms with Crippen LogP contribution in [0.2, 0.25) is 0 Å². The summed E-state index contributed by atoms with van der Waals surface area (Å²) in [6, 6.07) is 21.3. The summed E-state index contributed by atoms with van der Waals surface area (Å²) in [6.07, 6.45) is 1.75. The number of nitrogens with zero attached hydrogens (tertiary/aromatic N) is 2. The van der Waals surface area contributed by atoms with E-state index in [4.69, 9.17) is 0 Å². The topological polar surface area (TPSA) is 64.0 Å². The van der Waals surface area contributed by atoms with Gasteiger partial charge in [-0.1, -0.05) is 60.2 Å². The van der Waals surface area contributed by atoms with Crippen LogP contribution in [0.1, 0.15) is 32.7 Å². The predicted molar refractivity (Wildman–Crippen MR) is 119 cm³/mol. The molecule has 0 saturated heterocycles. The Morgan fingerprint density at radius 3 is 2.50 bits per heavy atom. The van der Waals surface area contributed by atoms with Crippen molar-refractivity contribution in [3.63, 3.8) is 0 Å². The Kier molecular flexibility index (Phi) is 5.44. The van der Waals surface area contributed by atoms with Gasteiger partial charge in [-0.05, 0) is 37.1 Å². The zero-order chi connectivity index (χ0) is 21.1. The number of amides is 1. The monoisotopic (exact) mass is 397 g/mol. The van der Waals surface area contributed by atoms with Crippen LogP contribution in [0.5, 0.6) is 0 Å². The van der Waals surface area contributed by atoms with Crippen LogP contribution in [0.3, 0.4) is 0 Å². The van der Waals surface area contributed by atoms with Crippen molar-refractivity contribution in [2.75, 3.05) is 0 Å². The number of carbonyl (C=O) groups is 1. The third-order valence-corrected chi connectivity index (χ3v) is 5.12. The van der Waals surface area contributed by atoms with Crippen molar-refractivity contribution in [2.45, 2.75) is 26.9 Å². The van der Waals surface area contributed by atoms with Gasteiger partial charge in [0.25, 0.3) is 11.5 Å². The molecule has 0 bridgehead atoms. The number of fused-ring (bicyclic) bond motifs is 1. The standard InChI is InChI=1S/C25H23N3O2/c1-17-7-6-10-20(13-17)15-26-24(29)21-14-22-23(27-18(21)2)11-12-28(25(22)30)16-19-8-4-3-5-9-19/h3-14H,15-16H2,1-2H3,(H,26,29). The minimum atomic E-state index is -0.235. The lowest BCUT2D eigenvalue weighted by Gasteiger charge is -2.11. The van der Waals surface area contributed by atoms with Gasteiger partial charge in [-0.25, -0.2) is 0 Å². The van der Waals surface area contributed by atoms with E-state index in [-0.39, 0.29) is 11.5 Å². The van der Waals surface area contributed by atoms with Crippen molar-refractivity contribution in [1.29, 1.82) is 0 Å². The lowest BCUT2D eigenvalue weighted by atomic mass is 10.1. The molecule has 1 amide bonds. The van der Waals surface area contributed by atoms with Crippen molar-refractivity contribution in [2.24, 2.45) is 0 Å². The molecule has 0 aliphatic heterocycles. The van der Waals surface area contributed by atoms with E-state index < -0.39 is 0 Å². The highest BCUT2D eigenvalue weighted by atomic mass is 16.1. The van der Waals surface area contributed by atoms with Gasteiger partial charge in [0.1, 0.15) is 0 Å². The smallest absolute Gasteiger partial charge is 0.260 e. The van der Waals surface area contributed by atoms with Crippen molar-refractivity contribution in [3.8, 4) is 0 Å². The second-order valence-electron chi connectivity index (χ2n) is 7.46. The Labute approximate surface area is 175 Å². The van der Waals surface area contributed by atoms with Crippen LogP contribution in [0.4, 0.5) is 0 Å². The van der Waals surface area contributed by atoms with E-state index in [0.29, 0.717) is 35.2 Å². The van der Waals surface area contributed by atoms with Crippen LogP contribution in [-0.2, 0) is 13.1 Å². The van der Waals surface area contributed by atoms with Gasteiger partial charge in [0, 0.05) is 12.7 Å². The molecule has 150 valence electrons. The van der Waals surface area contributed by atoms with Gasteiger partial charge in [-0.2, -0.15) is 0 Å². The largest absolute Gasteiger partial charge is 0.348 e. The van der Waals surface area contributed by atoms with Gasteiger partial charge in [0.15, 0.2) is 0 Å². The highest BCUT2D eigenvalue weighted by molar-refractivity contribution is 5.98. The SMILES string of the molecule is Cc1cccc(CNC(=O)c2cc3c(=O)n(Cc4ccccc4)ccc3nc2C)c1. The van der Waals surface area contributed by atoms with Crippen LogP contribution in [0.15, 0.2) is 77.7 Å². The van der Waals surface area contributed by atoms with Crippen LogP contribution in [0.25, 0.3) is 10.9 Å². The van der Waals surface area contributed by atoms with Crippen LogP contribution >= 0.6 is 0 Å². The number of rotatable bonds is 5. The van der Waals surface area contributed by atoms with Crippen LogP contribution < -0.4 is 10.9 Å². The molecular weight excluding hydrogens is 374 g/mol. The highest BCUT2D eigenvalue weighted by Crippen LogP contribution is 2.14. The molecule has 0 fully saturated rings. The number of benzene rings is 2. The van der Waals surface area contributed by atoms with Gasteiger partial charge >= 0.3 is 0 Å². The summed E-state index contributed by atoms with van der Waals surface area (Å²) in [6.45, 7) is 4.70. The molecule has 0 aliphatic carbocycles. The molecule has 0 spiro atoms. The Balaban J connectivity index is 1.63. The van der Waals surface area contributed by atoms with E-state index in [1.54, 1.807) is 23.8 Å². The first-order valence-corrected chi connectivity index (χ1v) is 9.90. The van der Waals surface area contributed by atoms with E-state index in [9.17, 15) is 9.59 Å². The Morgan fingerprint density at radius 1 is 0.967 bits per heavy atom. The molecule has 0 saturated carbocycles. The zero-order valence-electron chi connectivity index (χ0n) is 17.1. The maximum Gasteiger partial charge on any atom is 0.260 e. The number of hydrogen-bond donors (Lipinski definition) is 1. The summed E-state index contributed by atoms with van der Waals surface area (Å²) >= 11 is 0. The molecule has 30 heavy (non-hydrogen) atoms. The summed E-state index contributed by atoms with van der Waals surface area (Å²) in [5.74, 6) is -0.235. The van der Waals surface area contributed by atoms with E-state index in [0.717, 1.165) is 16.7 Å². The molecule has 5 heteroatoms. The van der Waals surface area contributed by atoms with Gasteiger partial charge in [-0.15, -0.1) is 0 Å². The maximum absolute atomic E-state index is 13.0. The molecule has 2 heterocycles. The second-order valence-corrected chi connectivity index (χ2v) is 7.46. The molecule has 0 atom stereocenters. The number of hydrogen-bond acceptors (Lipinski definition) is 3.